The standard InChI is InChI=1S/C12H15NOS/c1-3-6-9(2)13-12(14)10-7-4-5-8-11(10)15/h3-5,7-9,15H,1,6H2,2H3,(H,13,14). The minimum atomic E-state index is -0.0880. The Labute approximate surface area is 95.8 Å². The zero-order valence-electron chi connectivity index (χ0n) is 8.73. The number of thiol groups is 1. The number of hydrogen-bond donors (Lipinski definition) is 2. The molecule has 2 nitrogen and oxygen atoms in total. The van der Waals surface area contributed by atoms with E-state index >= 15 is 0 Å². The molecular formula is C12H15NOS. The first-order valence-corrected chi connectivity index (χ1v) is 5.29. The molecule has 15 heavy (non-hydrogen) atoms. The van der Waals surface area contributed by atoms with E-state index in [0.717, 1.165) is 6.42 Å². The van der Waals surface area contributed by atoms with E-state index in [1.165, 1.54) is 0 Å². The van der Waals surface area contributed by atoms with Crippen molar-refractivity contribution in [2.45, 2.75) is 24.3 Å². The van der Waals surface area contributed by atoms with Crippen LogP contribution in [0, 0.1) is 0 Å². The Hall–Kier alpha value is -1.22. The number of carbonyl (C=O) groups excluding carboxylic acids is 1. The molecule has 0 heterocycles. The van der Waals surface area contributed by atoms with Crippen LogP contribution in [0.3, 0.4) is 0 Å². The molecule has 0 aliphatic heterocycles. The molecule has 0 aliphatic carbocycles. The quantitative estimate of drug-likeness (QED) is 0.594. The lowest BCUT2D eigenvalue weighted by Crippen LogP contribution is -2.32. The third kappa shape index (κ3) is 3.44. The van der Waals surface area contributed by atoms with Crippen molar-refractivity contribution in [2.24, 2.45) is 0 Å². The van der Waals surface area contributed by atoms with Crippen molar-refractivity contribution in [3.63, 3.8) is 0 Å². The fraction of sp³-hybridized carbons (Fsp3) is 0.250. The molecule has 80 valence electrons. The first-order valence-electron chi connectivity index (χ1n) is 4.85. The second-order valence-corrected chi connectivity index (χ2v) is 3.90. The molecule has 0 aromatic heterocycles. The van der Waals surface area contributed by atoms with Crippen LogP contribution < -0.4 is 5.32 Å². The lowest BCUT2D eigenvalue weighted by molar-refractivity contribution is 0.0937. The van der Waals surface area contributed by atoms with Crippen LogP contribution in [0.25, 0.3) is 0 Å². The van der Waals surface area contributed by atoms with E-state index in [-0.39, 0.29) is 11.9 Å². The fourth-order valence-corrected chi connectivity index (χ4v) is 1.54. The maximum absolute atomic E-state index is 11.8. The average molecular weight is 221 g/mol. The van der Waals surface area contributed by atoms with Gasteiger partial charge in [0.15, 0.2) is 0 Å². The maximum Gasteiger partial charge on any atom is 0.252 e. The summed E-state index contributed by atoms with van der Waals surface area (Å²) in [5, 5.41) is 2.88. The molecule has 0 radical (unpaired) electrons. The Morgan fingerprint density at radius 3 is 2.87 bits per heavy atom. The predicted molar refractivity (Wildman–Crippen MR) is 65.4 cm³/mol. The van der Waals surface area contributed by atoms with Crippen LogP contribution in [0.2, 0.25) is 0 Å². The third-order valence-corrected chi connectivity index (χ3v) is 2.44. The molecule has 1 atom stereocenters. The number of benzene rings is 1. The minimum absolute atomic E-state index is 0.0880. The van der Waals surface area contributed by atoms with Gasteiger partial charge in [-0.1, -0.05) is 18.2 Å². The summed E-state index contributed by atoms with van der Waals surface area (Å²) in [6.07, 6.45) is 2.55. The number of carbonyl (C=O) groups is 1. The predicted octanol–water partition coefficient (Wildman–Crippen LogP) is 2.67. The van der Waals surface area contributed by atoms with Gasteiger partial charge in [0.1, 0.15) is 0 Å². The molecule has 1 aromatic carbocycles. The Balaban J connectivity index is 2.69. The van der Waals surface area contributed by atoms with Crippen molar-refractivity contribution in [1.82, 2.24) is 5.32 Å². The molecule has 1 amide bonds. The van der Waals surface area contributed by atoms with Crippen molar-refractivity contribution >= 4 is 18.5 Å². The van der Waals surface area contributed by atoms with Gasteiger partial charge in [0, 0.05) is 10.9 Å². The number of amides is 1. The van der Waals surface area contributed by atoms with Crippen LogP contribution in [-0.2, 0) is 0 Å². The second-order valence-electron chi connectivity index (χ2n) is 3.42. The lowest BCUT2D eigenvalue weighted by atomic mass is 10.2. The Morgan fingerprint density at radius 2 is 2.27 bits per heavy atom. The number of rotatable bonds is 4. The van der Waals surface area contributed by atoms with Gasteiger partial charge in [0.25, 0.3) is 5.91 Å². The highest BCUT2D eigenvalue weighted by Crippen LogP contribution is 2.12. The summed E-state index contributed by atoms with van der Waals surface area (Å²) in [7, 11) is 0. The molecule has 1 unspecified atom stereocenters. The van der Waals surface area contributed by atoms with Crippen molar-refractivity contribution in [1.29, 1.82) is 0 Å². The first-order chi connectivity index (χ1) is 7.15. The van der Waals surface area contributed by atoms with E-state index in [2.05, 4.69) is 24.5 Å². The molecule has 0 saturated carbocycles. The highest BCUT2D eigenvalue weighted by atomic mass is 32.1. The van der Waals surface area contributed by atoms with Gasteiger partial charge < -0.3 is 5.32 Å². The van der Waals surface area contributed by atoms with Crippen molar-refractivity contribution < 1.29 is 4.79 Å². The van der Waals surface area contributed by atoms with Gasteiger partial charge in [-0.2, -0.15) is 0 Å². The Bertz CT molecular complexity index is 362. The summed E-state index contributed by atoms with van der Waals surface area (Å²) in [6, 6.07) is 7.34. The zero-order chi connectivity index (χ0) is 11.3. The first kappa shape index (κ1) is 11.9. The molecule has 0 bridgehead atoms. The maximum atomic E-state index is 11.8. The van der Waals surface area contributed by atoms with Gasteiger partial charge in [0.2, 0.25) is 0 Å². The van der Waals surface area contributed by atoms with Gasteiger partial charge in [-0.05, 0) is 25.5 Å². The van der Waals surface area contributed by atoms with Crippen LogP contribution in [0.15, 0.2) is 41.8 Å². The van der Waals surface area contributed by atoms with E-state index in [4.69, 9.17) is 0 Å². The molecular weight excluding hydrogens is 206 g/mol. The Kier molecular flexibility index (Phi) is 4.43. The monoisotopic (exact) mass is 221 g/mol. The van der Waals surface area contributed by atoms with Gasteiger partial charge >= 0.3 is 0 Å². The summed E-state index contributed by atoms with van der Waals surface area (Å²) in [5.74, 6) is -0.0880. The van der Waals surface area contributed by atoms with E-state index in [1.807, 2.05) is 19.1 Å². The van der Waals surface area contributed by atoms with E-state index < -0.39 is 0 Å². The molecule has 1 N–H and O–H groups in total. The topological polar surface area (TPSA) is 29.1 Å². The van der Waals surface area contributed by atoms with Crippen molar-refractivity contribution in [3.8, 4) is 0 Å². The molecule has 0 spiro atoms. The van der Waals surface area contributed by atoms with Crippen LogP contribution in [0.5, 0.6) is 0 Å². The van der Waals surface area contributed by atoms with Gasteiger partial charge in [-0.25, -0.2) is 0 Å². The number of hydrogen-bond acceptors (Lipinski definition) is 2. The summed E-state index contributed by atoms with van der Waals surface area (Å²) >= 11 is 4.23. The highest BCUT2D eigenvalue weighted by Gasteiger charge is 2.10. The molecule has 3 heteroatoms. The molecule has 1 rings (SSSR count). The normalized spacial score (nSPS) is 11.9. The van der Waals surface area contributed by atoms with E-state index in [0.29, 0.717) is 10.5 Å². The largest absolute Gasteiger partial charge is 0.349 e. The van der Waals surface area contributed by atoms with Gasteiger partial charge in [-0.15, -0.1) is 19.2 Å². The summed E-state index contributed by atoms with van der Waals surface area (Å²) in [5.41, 5.74) is 0.608. The average Bonchev–Trinajstić information content (AvgIpc) is 2.18. The zero-order valence-corrected chi connectivity index (χ0v) is 9.63. The summed E-state index contributed by atoms with van der Waals surface area (Å²) in [6.45, 7) is 5.58. The van der Waals surface area contributed by atoms with Crippen LogP contribution in [0.4, 0.5) is 0 Å². The van der Waals surface area contributed by atoms with E-state index in [9.17, 15) is 4.79 Å². The summed E-state index contributed by atoms with van der Waals surface area (Å²) in [4.78, 5) is 12.5. The van der Waals surface area contributed by atoms with Crippen LogP contribution in [-0.4, -0.2) is 11.9 Å². The van der Waals surface area contributed by atoms with Crippen LogP contribution >= 0.6 is 12.6 Å². The molecule has 1 aromatic rings. The molecule has 0 saturated heterocycles. The number of nitrogens with one attached hydrogen (secondary N) is 1. The van der Waals surface area contributed by atoms with E-state index in [1.54, 1.807) is 18.2 Å². The molecule has 0 fully saturated rings. The van der Waals surface area contributed by atoms with Gasteiger partial charge in [-0.3, -0.25) is 4.79 Å². The van der Waals surface area contributed by atoms with Crippen molar-refractivity contribution in [2.75, 3.05) is 0 Å². The van der Waals surface area contributed by atoms with Crippen LogP contribution in [0.1, 0.15) is 23.7 Å². The lowest BCUT2D eigenvalue weighted by Gasteiger charge is -2.12. The molecule has 0 aliphatic rings. The highest BCUT2D eigenvalue weighted by molar-refractivity contribution is 7.80. The SMILES string of the molecule is C=CCC(C)NC(=O)c1ccccc1S. The Morgan fingerprint density at radius 1 is 1.60 bits per heavy atom. The summed E-state index contributed by atoms with van der Waals surface area (Å²) < 4.78 is 0. The third-order valence-electron chi connectivity index (χ3n) is 2.05. The minimum Gasteiger partial charge on any atom is -0.349 e. The smallest absolute Gasteiger partial charge is 0.252 e. The second kappa shape index (κ2) is 5.61. The fourth-order valence-electron chi connectivity index (χ4n) is 1.28. The van der Waals surface area contributed by atoms with Crippen molar-refractivity contribution in [3.05, 3.63) is 42.5 Å². The van der Waals surface area contributed by atoms with Gasteiger partial charge in [0.05, 0.1) is 5.56 Å².